The molecule has 0 bridgehead atoms. The lowest BCUT2D eigenvalue weighted by atomic mass is 10.2. The van der Waals surface area contributed by atoms with Crippen molar-refractivity contribution in [3.63, 3.8) is 0 Å². The number of anilines is 1. The quantitative estimate of drug-likeness (QED) is 0.897. The number of hydrogen-bond acceptors (Lipinski definition) is 2. The van der Waals surface area contributed by atoms with Crippen LogP contribution in [-0.2, 0) is 4.79 Å². The van der Waals surface area contributed by atoms with E-state index >= 15 is 0 Å². The summed E-state index contributed by atoms with van der Waals surface area (Å²) < 4.78 is 0.766. The first-order valence-corrected chi connectivity index (χ1v) is 6.27. The van der Waals surface area contributed by atoms with Crippen molar-refractivity contribution in [1.82, 2.24) is 4.90 Å². The third kappa shape index (κ3) is 4.03. The number of carbonyl (C=O) groups excluding carboxylic acids is 1. The number of carboxylic acid groups (broad SMARTS) is 1. The summed E-state index contributed by atoms with van der Waals surface area (Å²) in [5, 5.41) is 11.4. The Bertz CT molecular complexity index is 463. The molecule has 1 aromatic carbocycles. The fraction of sp³-hybridized carbons (Fsp3) is 0.333. The number of benzene rings is 1. The minimum atomic E-state index is -1.03. The highest BCUT2D eigenvalue weighted by Gasteiger charge is 2.15. The molecule has 1 aromatic rings. The van der Waals surface area contributed by atoms with Crippen LogP contribution in [0.3, 0.4) is 0 Å². The van der Waals surface area contributed by atoms with Gasteiger partial charge < -0.3 is 15.3 Å². The molecule has 0 unspecified atom stereocenters. The van der Waals surface area contributed by atoms with E-state index < -0.39 is 12.0 Å². The molecular weight excluding hydrogens is 300 g/mol. The lowest BCUT2D eigenvalue weighted by Gasteiger charge is -2.19. The van der Waals surface area contributed by atoms with Crippen molar-refractivity contribution in [1.29, 1.82) is 0 Å². The van der Waals surface area contributed by atoms with E-state index in [9.17, 15) is 9.59 Å². The van der Waals surface area contributed by atoms with Crippen LogP contribution < -0.4 is 5.32 Å². The highest BCUT2D eigenvalue weighted by atomic mass is 79.9. The van der Waals surface area contributed by atoms with Crippen LogP contribution in [0.2, 0.25) is 0 Å². The van der Waals surface area contributed by atoms with Gasteiger partial charge in [0.15, 0.2) is 0 Å². The maximum Gasteiger partial charge on any atom is 0.323 e. The number of nitrogens with one attached hydrogen (secondary N) is 1. The summed E-state index contributed by atoms with van der Waals surface area (Å²) in [5.74, 6) is -1.03. The molecular formula is C12H15BrN2O3. The molecule has 1 rings (SSSR count). The lowest BCUT2D eigenvalue weighted by molar-refractivity contribution is -0.137. The maximum absolute atomic E-state index is 11.8. The second-order valence-corrected chi connectivity index (χ2v) is 4.68. The molecule has 0 heterocycles. The summed E-state index contributed by atoms with van der Waals surface area (Å²) >= 11 is 3.35. The maximum atomic E-state index is 11.8. The van der Waals surface area contributed by atoms with Gasteiger partial charge in [0, 0.05) is 11.0 Å². The number of rotatable bonds is 4. The van der Waals surface area contributed by atoms with Gasteiger partial charge in [-0.2, -0.15) is 0 Å². The zero-order valence-corrected chi connectivity index (χ0v) is 11.8. The highest BCUT2D eigenvalue weighted by Crippen LogP contribution is 2.23. The molecule has 98 valence electrons. The SMILES string of the molecule is CCN(CC(=O)O)C(=O)Nc1ccc(C)cc1Br. The molecule has 0 aliphatic carbocycles. The summed E-state index contributed by atoms with van der Waals surface area (Å²) in [7, 11) is 0. The third-order valence-corrected chi connectivity index (χ3v) is 3.02. The Kier molecular flexibility index (Phi) is 5.15. The number of aryl methyl sites for hydroxylation is 1. The molecule has 0 aliphatic heterocycles. The largest absolute Gasteiger partial charge is 0.480 e. The van der Waals surface area contributed by atoms with E-state index in [0.29, 0.717) is 12.2 Å². The fourth-order valence-corrected chi connectivity index (χ4v) is 2.00. The normalized spacial score (nSPS) is 9.94. The van der Waals surface area contributed by atoms with Crippen LogP contribution in [0.25, 0.3) is 0 Å². The first-order chi connectivity index (χ1) is 8.43. The number of hydrogen-bond donors (Lipinski definition) is 2. The summed E-state index contributed by atoms with van der Waals surface area (Å²) in [6.07, 6.45) is 0. The monoisotopic (exact) mass is 314 g/mol. The molecule has 0 aromatic heterocycles. The van der Waals surface area contributed by atoms with E-state index in [0.717, 1.165) is 10.0 Å². The molecule has 2 amide bonds. The van der Waals surface area contributed by atoms with Gasteiger partial charge in [0.1, 0.15) is 6.54 Å². The Balaban J connectivity index is 2.76. The number of halogens is 1. The molecule has 0 atom stereocenters. The Morgan fingerprint density at radius 2 is 2.11 bits per heavy atom. The average Bonchev–Trinajstić information content (AvgIpc) is 2.29. The van der Waals surface area contributed by atoms with Gasteiger partial charge in [-0.05, 0) is 47.5 Å². The number of carboxylic acids is 1. The Morgan fingerprint density at radius 3 is 2.61 bits per heavy atom. The number of nitrogens with zero attached hydrogens (tertiary/aromatic N) is 1. The van der Waals surface area contributed by atoms with Gasteiger partial charge in [-0.25, -0.2) is 4.79 Å². The minimum Gasteiger partial charge on any atom is -0.480 e. The smallest absolute Gasteiger partial charge is 0.323 e. The van der Waals surface area contributed by atoms with Crippen LogP contribution >= 0.6 is 15.9 Å². The van der Waals surface area contributed by atoms with Crippen LogP contribution in [0.5, 0.6) is 0 Å². The summed E-state index contributed by atoms with van der Waals surface area (Å²) in [5.41, 5.74) is 1.69. The standard InChI is InChI=1S/C12H15BrN2O3/c1-3-15(7-11(16)17)12(18)14-10-5-4-8(2)6-9(10)13/h4-6H,3,7H2,1-2H3,(H,14,18)(H,16,17). The molecule has 2 N–H and O–H groups in total. The van der Waals surface area contributed by atoms with Crippen LogP contribution in [-0.4, -0.2) is 35.1 Å². The Labute approximate surface area is 114 Å². The molecule has 0 saturated heterocycles. The van der Waals surface area contributed by atoms with Gasteiger partial charge in [0.2, 0.25) is 0 Å². The predicted molar refractivity (Wildman–Crippen MR) is 72.8 cm³/mol. The van der Waals surface area contributed by atoms with Crippen molar-refractivity contribution in [3.05, 3.63) is 28.2 Å². The van der Waals surface area contributed by atoms with Gasteiger partial charge >= 0.3 is 12.0 Å². The number of likely N-dealkylation sites (N-methyl/N-ethyl adjacent to an activating group) is 1. The van der Waals surface area contributed by atoms with E-state index in [4.69, 9.17) is 5.11 Å². The molecule has 0 aliphatic rings. The molecule has 0 saturated carbocycles. The molecule has 0 fully saturated rings. The van der Waals surface area contributed by atoms with Crippen LogP contribution in [0.4, 0.5) is 10.5 Å². The number of aliphatic carboxylic acids is 1. The summed E-state index contributed by atoms with van der Waals surface area (Å²) in [4.78, 5) is 23.7. The third-order valence-electron chi connectivity index (χ3n) is 2.36. The van der Waals surface area contributed by atoms with Crippen molar-refractivity contribution in [2.75, 3.05) is 18.4 Å². The molecule has 0 radical (unpaired) electrons. The average molecular weight is 315 g/mol. The Hall–Kier alpha value is -1.56. The van der Waals surface area contributed by atoms with E-state index in [1.54, 1.807) is 13.0 Å². The zero-order chi connectivity index (χ0) is 13.7. The van der Waals surface area contributed by atoms with Crippen LogP contribution in [0.15, 0.2) is 22.7 Å². The second-order valence-electron chi connectivity index (χ2n) is 3.82. The van der Waals surface area contributed by atoms with Crippen molar-refractivity contribution in [2.45, 2.75) is 13.8 Å². The number of amides is 2. The van der Waals surface area contributed by atoms with Crippen molar-refractivity contribution in [3.8, 4) is 0 Å². The fourth-order valence-electron chi connectivity index (χ4n) is 1.41. The highest BCUT2D eigenvalue weighted by molar-refractivity contribution is 9.10. The summed E-state index contributed by atoms with van der Waals surface area (Å²) in [6, 6.07) is 5.09. The van der Waals surface area contributed by atoms with E-state index in [-0.39, 0.29) is 6.54 Å². The molecule has 0 spiro atoms. The van der Waals surface area contributed by atoms with E-state index in [1.807, 2.05) is 19.1 Å². The number of urea groups is 1. The topological polar surface area (TPSA) is 69.6 Å². The zero-order valence-electron chi connectivity index (χ0n) is 10.2. The molecule has 5 nitrogen and oxygen atoms in total. The van der Waals surface area contributed by atoms with Crippen molar-refractivity contribution in [2.24, 2.45) is 0 Å². The minimum absolute atomic E-state index is 0.314. The first kappa shape index (κ1) is 14.5. The number of carbonyl (C=O) groups is 2. The molecule has 18 heavy (non-hydrogen) atoms. The van der Waals surface area contributed by atoms with Crippen molar-refractivity contribution >= 4 is 33.6 Å². The Morgan fingerprint density at radius 1 is 1.44 bits per heavy atom. The van der Waals surface area contributed by atoms with E-state index in [2.05, 4.69) is 21.2 Å². The van der Waals surface area contributed by atoms with Crippen LogP contribution in [0.1, 0.15) is 12.5 Å². The van der Waals surface area contributed by atoms with Gasteiger partial charge in [-0.15, -0.1) is 0 Å². The lowest BCUT2D eigenvalue weighted by Crippen LogP contribution is -2.38. The predicted octanol–water partition coefficient (Wildman–Crippen LogP) is 2.70. The van der Waals surface area contributed by atoms with Crippen LogP contribution in [0, 0.1) is 6.92 Å². The first-order valence-electron chi connectivity index (χ1n) is 5.48. The van der Waals surface area contributed by atoms with Gasteiger partial charge in [0.25, 0.3) is 0 Å². The van der Waals surface area contributed by atoms with Crippen molar-refractivity contribution < 1.29 is 14.7 Å². The molecule has 6 heteroatoms. The summed E-state index contributed by atoms with van der Waals surface area (Å²) in [6.45, 7) is 3.69. The van der Waals surface area contributed by atoms with E-state index in [1.165, 1.54) is 4.90 Å². The van der Waals surface area contributed by atoms with Gasteiger partial charge in [-0.1, -0.05) is 6.07 Å². The van der Waals surface area contributed by atoms with Gasteiger partial charge in [0.05, 0.1) is 5.69 Å². The van der Waals surface area contributed by atoms with Gasteiger partial charge in [-0.3, -0.25) is 4.79 Å². The second kappa shape index (κ2) is 6.39.